The number of hydrogen-bond donors (Lipinski definition) is 6. The van der Waals surface area contributed by atoms with E-state index in [1.54, 1.807) is 30.3 Å². The molecule has 36 heavy (non-hydrogen) atoms. The van der Waals surface area contributed by atoms with E-state index in [0.29, 0.717) is 17.7 Å². The summed E-state index contributed by atoms with van der Waals surface area (Å²) in [5.74, 6) is 1.26. The molecule has 2 aromatic rings. The summed E-state index contributed by atoms with van der Waals surface area (Å²) < 4.78 is 39.5. The number of rotatable bonds is 8. The highest BCUT2D eigenvalue weighted by atomic mass is 19.4. The first-order chi connectivity index (χ1) is 16.8. The van der Waals surface area contributed by atoms with E-state index >= 15 is 0 Å². The molecule has 0 aliphatic heterocycles. The van der Waals surface area contributed by atoms with Gasteiger partial charge in [-0.25, -0.2) is 4.99 Å². The van der Waals surface area contributed by atoms with Crippen molar-refractivity contribution in [2.75, 3.05) is 6.54 Å². The van der Waals surface area contributed by atoms with Gasteiger partial charge in [0.15, 0.2) is 5.96 Å². The van der Waals surface area contributed by atoms with Gasteiger partial charge in [-0.1, -0.05) is 30.0 Å². The number of aliphatic hydroxyl groups excluding tert-OH is 1. The highest BCUT2D eigenvalue weighted by molar-refractivity contribution is 5.97. The number of amides is 2. The molecule has 0 spiro atoms. The van der Waals surface area contributed by atoms with Crippen LogP contribution in [-0.2, 0) is 15.8 Å². The van der Waals surface area contributed by atoms with Crippen molar-refractivity contribution < 1.29 is 37.8 Å². The van der Waals surface area contributed by atoms with Gasteiger partial charge >= 0.3 is 12.1 Å². The minimum atomic E-state index is -4.80. The Balaban J connectivity index is 2.11. The van der Waals surface area contributed by atoms with Crippen molar-refractivity contribution in [1.29, 1.82) is 0 Å². The molecule has 0 aromatic heterocycles. The second kappa shape index (κ2) is 12.2. The summed E-state index contributed by atoms with van der Waals surface area (Å²) in [4.78, 5) is 39.3. The van der Waals surface area contributed by atoms with Crippen LogP contribution in [0, 0.1) is 11.8 Å². The number of guanidine groups is 1. The van der Waals surface area contributed by atoms with E-state index in [-0.39, 0.29) is 5.69 Å². The number of carbonyl (C=O) groups is 3. The number of benzene rings is 2. The molecule has 2 aromatic carbocycles. The molecule has 0 heterocycles. The fourth-order valence-electron chi connectivity index (χ4n) is 2.85. The molecule has 10 nitrogen and oxygen atoms in total. The van der Waals surface area contributed by atoms with Crippen molar-refractivity contribution in [3.05, 3.63) is 65.2 Å². The van der Waals surface area contributed by atoms with Crippen LogP contribution in [0.3, 0.4) is 0 Å². The van der Waals surface area contributed by atoms with E-state index in [2.05, 4.69) is 27.5 Å². The molecular formula is C23H22F3N5O5. The molecule has 0 saturated carbocycles. The van der Waals surface area contributed by atoms with Gasteiger partial charge in [-0.2, -0.15) is 13.2 Å². The van der Waals surface area contributed by atoms with Crippen LogP contribution >= 0.6 is 0 Å². The maximum atomic E-state index is 13.2. The maximum absolute atomic E-state index is 13.2. The number of carboxylic acid groups (broad SMARTS) is 1. The summed E-state index contributed by atoms with van der Waals surface area (Å²) in [5.41, 5.74) is 8.92. The molecule has 13 heteroatoms. The van der Waals surface area contributed by atoms with Crippen molar-refractivity contribution in [2.24, 2.45) is 16.5 Å². The van der Waals surface area contributed by atoms with Crippen LogP contribution in [0.25, 0.3) is 0 Å². The van der Waals surface area contributed by atoms with Crippen LogP contribution in [0.15, 0.2) is 53.5 Å². The Hall–Kier alpha value is -4.57. The maximum Gasteiger partial charge on any atom is 0.416 e. The molecule has 190 valence electrons. The molecule has 0 radical (unpaired) electrons. The van der Waals surface area contributed by atoms with Crippen LogP contribution in [-0.4, -0.2) is 52.6 Å². The van der Waals surface area contributed by atoms with Gasteiger partial charge in [0, 0.05) is 11.1 Å². The molecule has 0 aliphatic carbocycles. The number of nitrogens with zero attached hydrogens (tertiary/aromatic N) is 1. The summed E-state index contributed by atoms with van der Waals surface area (Å²) in [6.45, 7) is -0.734. The number of aliphatic carboxylic acids is 1. The number of alkyl halides is 3. The minimum absolute atomic E-state index is 0.332. The van der Waals surface area contributed by atoms with Gasteiger partial charge in [-0.15, -0.1) is 0 Å². The number of halogens is 3. The molecule has 2 atom stereocenters. The average molecular weight is 505 g/mol. The van der Waals surface area contributed by atoms with Crippen LogP contribution in [0.4, 0.5) is 18.9 Å². The second-order valence-corrected chi connectivity index (χ2v) is 7.34. The highest BCUT2D eigenvalue weighted by Crippen LogP contribution is 2.32. The van der Waals surface area contributed by atoms with Crippen molar-refractivity contribution in [3.8, 4) is 11.8 Å². The van der Waals surface area contributed by atoms with Crippen molar-refractivity contribution in [2.45, 2.75) is 24.7 Å². The summed E-state index contributed by atoms with van der Waals surface area (Å²) in [6, 6.07) is 9.33. The third kappa shape index (κ3) is 8.99. The Morgan fingerprint density at radius 2 is 1.75 bits per heavy atom. The lowest BCUT2D eigenvalue weighted by molar-refractivity contribution is -0.139. The number of aliphatic imine (C=N–C) groups is 1. The standard InChI is InChI=1S/C23H22F3N5O5/c24-23(25,26)15-8-14(9-16(10-15)30-22(27)28)21(36)29-12-19(33)31-17(11-20(34)35)18(32)7-6-13-4-2-1-3-5-13/h1-5,8-10,17-18,32H,11-12H2,(H,29,36)(H,31,33)(H,34,35)(H4,27,28,30). The van der Waals surface area contributed by atoms with E-state index < -0.39 is 66.2 Å². The Morgan fingerprint density at radius 1 is 1.08 bits per heavy atom. The molecule has 0 fully saturated rings. The first kappa shape index (κ1) is 27.7. The van der Waals surface area contributed by atoms with Crippen molar-refractivity contribution in [3.63, 3.8) is 0 Å². The highest BCUT2D eigenvalue weighted by Gasteiger charge is 2.32. The van der Waals surface area contributed by atoms with Crippen LogP contribution in [0.5, 0.6) is 0 Å². The van der Waals surface area contributed by atoms with E-state index in [0.717, 1.165) is 6.07 Å². The molecule has 2 rings (SSSR count). The largest absolute Gasteiger partial charge is 0.481 e. The number of aliphatic hydroxyl groups is 1. The fourth-order valence-corrected chi connectivity index (χ4v) is 2.85. The van der Waals surface area contributed by atoms with Gasteiger partial charge in [0.25, 0.3) is 5.91 Å². The smallest absolute Gasteiger partial charge is 0.416 e. The summed E-state index contributed by atoms with van der Waals surface area (Å²) in [7, 11) is 0. The van der Waals surface area contributed by atoms with Gasteiger partial charge in [0.05, 0.1) is 30.3 Å². The van der Waals surface area contributed by atoms with Gasteiger partial charge in [-0.3, -0.25) is 14.4 Å². The molecule has 0 saturated heterocycles. The van der Waals surface area contributed by atoms with Crippen LogP contribution < -0.4 is 22.1 Å². The topological polar surface area (TPSA) is 180 Å². The van der Waals surface area contributed by atoms with Crippen LogP contribution in [0.2, 0.25) is 0 Å². The third-order valence-electron chi connectivity index (χ3n) is 4.44. The van der Waals surface area contributed by atoms with Gasteiger partial charge in [-0.05, 0) is 30.3 Å². The Kier molecular flexibility index (Phi) is 9.40. The predicted molar refractivity (Wildman–Crippen MR) is 123 cm³/mol. The van der Waals surface area contributed by atoms with Crippen molar-refractivity contribution in [1.82, 2.24) is 10.6 Å². The Morgan fingerprint density at radius 3 is 2.33 bits per heavy atom. The predicted octanol–water partition coefficient (Wildman–Crippen LogP) is 0.712. The molecule has 0 bridgehead atoms. The van der Waals surface area contributed by atoms with Crippen molar-refractivity contribution >= 4 is 29.4 Å². The molecule has 2 unspecified atom stereocenters. The lowest BCUT2D eigenvalue weighted by atomic mass is 10.1. The Bertz CT molecular complexity index is 1200. The number of carboxylic acids is 1. The lowest BCUT2D eigenvalue weighted by Gasteiger charge is -2.19. The van der Waals surface area contributed by atoms with Crippen LogP contribution in [0.1, 0.15) is 27.9 Å². The van der Waals surface area contributed by atoms with E-state index in [1.807, 2.05) is 0 Å². The van der Waals surface area contributed by atoms with E-state index in [4.69, 9.17) is 16.6 Å². The first-order valence-electron chi connectivity index (χ1n) is 10.2. The molecule has 0 aliphatic rings. The van der Waals surface area contributed by atoms with Gasteiger partial charge in [0.1, 0.15) is 6.10 Å². The molecule has 2 amide bonds. The monoisotopic (exact) mass is 505 g/mol. The summed E-state index contributed by atoms with van der Waals surface area (Å²) in [5, 5.41) is 23.7. The normalized spacial score (nSPS) is 12.3. The van der Waals surface area contributed by atoms with E-state index in [1.165, 1.54) is 0 Å². The third-order valence-corrected chi connectivity index (χ3v) is 4.44. The second-order valence-electron chi connectivity index (χ2n) is 7.34. The lowest BCUT2D eigenvalue weighted by Crippen LogP contribution is -2.47. The average Bonchev–Trinajstić information content (AvgIpc) is 2.79. The quantitative estimate of drug-likeness (QED) is 0.174. The minimum Gasteiger partial charge on any atom is -0.481 e. The summed E-state index contributed by atoms with van der Waals surface area (Å²) in [6.07, 6.45) is -7.05. The summed E-state index contributed by atoms with van der Waals surface area (Å²) >= 11 is 0. The van der Waals surface area contributed by atoms with E-state index in [9.17, 15) is 32.7 Å². The first-order valence-corrected chi connectivity index (χ1v) is 10.2. The SMILES string of the molecule is NC(N)=Nc1cc(C(=O)NCC(=O)NC(CC(=O)O)C(O)C#Cc2ccccc2)cc(C(F)(F)F)c1. The number of hydrogen-bond acceptors (Lipinski definition) is 5. The zero-order valence-electron chi connectivity index (χ0n) is 18.5. The fraction of sp³-hybridized carbons (Fsp3) is 0.217. The van der Waals surface area contributed by atoms with Gasteiger partial charge in [0.2, 0.25) is 5.91 Å². The zero-order chi connectivity index (χ0) is 26.9. The van der Waals surface area contributed by atoms with Gasteiger partial charge < -0.3 is 32.3 Å². The number of nitrogens with one attached hydrogen (secondary N) is 2. The number of nitrogens with two attached hydrogens (primary N) is 2. The zero-order valence-corrected chi connectivity index (χ0v) is 18.5. The molecule has 8 N–H and O–H groups in total. The Labute approximate surface area is 203 Å². The molecular weight excluding hydrogens is 483 g/mol. The number of carbonyl (C=O) groups excluding carboxylic acids is 2.